The summed E-state index contributed by atoms with van der Waals surface area (Å²) in [5.41, 5.74) is 8.03. The van der Waals surface area contributed by atoms with Gasteiger partial charge in [0.1, 0.15) is 0 Å². The van der Waals surface area contributed by atoms with Crippen molar-refractivity contribution in [3.8, 4) is 0 Å². The molecule has 0 saturated carbocycles. The molecule has 0 aliphatic rings. The quantitative estimate of drug-likeness (QED) is 0.557. The molecule has 0 aromatic heterocycles. The van der Waals surface area contributed by atoms with Crippen LogP contribution in [-0.4, -0.2) is 5.78 Å². The molecule has 70 valence electrons. The van der Waals surface area contributed by atoms with E-state index in [0.29, 0.717) is 11.3 Å². The van der Waals surface area contributed by atoms with Crippen LogP contribution in [0.1, 0.15) is 29.8 Å². The second-order valence-electron chi connectivity index (χ2n) is 3.56. The van der Waals surface area contributed by atoms with Crippen LogP contribution in [-0.2, 0) is 0 Å². The Labute approximate surface area is 78.8 Å². The van der Waals surface area contributed by atoms with Crippen molar-refractivity contribution in [3.05, 3.63) is 29.3 Å². The third-order valence-corrected chi connectivity index (χ3v) is 2.11. The van der Waals surface area contributed by atoms with E-state index in [4.69, 9.17) is 5.73 Å². The Morgan fingerprint density at radius 3 is 2.54 bits per heavy atom. The number of hydrogen-bond donors (Lipinski definition) is 1. The van der Waals surface area contributed by atoms with Crippen molar-refractivity contribution < 1.29 is 4.79 Å². The van der Waals surface area contributed by atoms with Crippen LogP contribution >= 0.6 is 0 Å². The van der Waals surface area contributed by atoms with Crippen molar-refractivity contribution in [3.63, 3.8) is 0 Å². The summed E-state index contributed by atoms with van der Waals surface area (Å²) >= 11 is 0. The molecular formula is C11H15NO. The molecule has 0 radical (unpaired) electrons. The minimum Gasteiger partial charge on any atom is -0.398 e. The molecule has 2 nitrogen and oxygen atoms in total. The van der Waals surface area contributed by atoms with Crippen molar-refractivity contribution in [2.75, 3.05) is 5.73 Å². The van der Waals surface area contributed by atoms with Gasteiger partial charge in [-0.2, -0.15) is 0 Å². The molecule has 0 unspecified atom stereocenters. The zero-order chi connectivity index (χ0) is 10.0. The lowest BCUT2D eigenvalue weighted by molar-refractivity contribution is 0.0940. The summed E-state index contributed by atoms with van der Waals surface area (Å²) in [5, 5.41) is 0. The molecule has 0 bridgehead atoms. The topological polar surface area (TPSA) is 43.1 Å². The zero-order valence-electron chi connectivity index (χ0n) is 8.29. The largest absolute Gasteiger partial charge is 0.398 e. The molecule has 1 aromatic rings. The van der Waals surface area contributed by atoms with Gasteiger partial charge in [0, 0.05) is 17.2 Å². The maximum Gasteiger partial charge on any atom is 0.167 e. The molecule has 0 aliphatic heterocycles. The monoisotopic (exact) mass is 177 g/mol. The number of carbonyl (C=O) groups is 1. The van der Waals surface area contributed by atoms with Gasteiger partial charge in [0.05, 0.1) is 0 Å². The number of nitrogen functional groups attached to an aromatic ring is 1. The van der Waals surface area contributed by atoms with Gasteiger partial charge in [0.15, 0.2) is 5.78 Å². The number of para-hydroxylation sites is 1. The van der Waals surface area contributed by atoms with Gasteiger partial charge in [-0.1, -0.05) is 26.0 Å². The maximum atomic E-state index is 11.6. The SMILES string of the molecule is Cc1cccc(C(=O)C(C)C)c1N. The Bertz CT molecular complexity index is 329. The summed E-state index contributed by atoms with van der Waals surface area (Å²) in [5.74, 6) is 0.116. The molecule has 0 atom stereocenters. The van der Waals surface area contributed by atoms with E-state index in [2.05, 4.69) is 0 Å². The molecular weight excluding hydrogens is 162 g/mol. The van der Waals surface area contributed by atoms with Gasteiger partial charge in [-0.15, -0.1) is 0 Å². The third kappa shape index (κ3) is 1.89. The summed E-state index contributed by atoms with van der Waals surface area (Å²) in [6, 6.07) is 5.55. The van der Waals surface area contributed by atoms with Crippen LogP contribution in [0.3, 0.4) is 0 Å². The maximum absolute atomic E-state index is 11.6. The number of Topliss-reactive ketones (excluding diaryl/α,β-unsaturated/α-hetero) is 1. The van der Waals surface area contributed by atoms with Crippen LogP contribution in [0.4, 0.5) is 5.69 Å². The molecule has 0 heterocycles. The highest BCUT2D eigenvalue weighted by Crippen LogP contribution is 2.19. The molecule has 0 aliphatic carbocycles. The van der Waals surface area contributed by atoms with E-state index < -0.39 is 0 Å². The van der Waals surface area contributed by atoms with Crippen molar-refractivity contribution in [1.82, 2.24) is 0 Å². The number of hydrogen-bond acceptors (Lipinski definition) is 2. The number of anilines is 1. The Kier molecular flexibility index (Phi) is 2.71. The second-order valence-corrected chi connectivity index (χ2v) is 3.56. The summed E-state index contributed by atoms with van der Waals surface area (Å²) in [6.45, 7) is 5.67. The predicted octanol–water partition coefficient (Wildman–Crippen LogP) is 2.42. The summed E-state index contributed by atoms with van der Waals surface area (Å²) < 4.78 is 0. The van der Waals surface area contributed by atoms with E-state index in [-0.39, 0.29) is 11.7 Å². The first kappa shape index (κ1) is 9.78. The average molecular weight is 177 g/mol. The number of carbonyl (C=O) groups excluding carboxylic acids is 1. The van der Waals surface area contributed by atoms with Crippen molar-refractivity contribution in [2.24, 2.45) is 5.92 Å². The van der Waals surface area contributed by atoms with Gasteiger partial charge in [-0.25, -0.2) is 0 Å². The molecule has 1 aromatic carbocycles. The number of ketones is 1. The van der Waals surface area contributed by atoms with Gasteiger partial charge in [0.25, 0.3) is 0 Å². The second kappa shape index (κ2) is 3.60. The number of rotatable bonds is 2. The Balaban J connectivity index is 3.15. The van der Waals surface area contributed by atoms with E-state index in [9.17, 15) is 4.79 Å². The molecule has 13 heavy (non-hydrogen) atoms. The molecule has 0 saturated heterocycles. The minimum atomic E-state index is 0.00380. The van der Waals surface area contributed by atoms with Crippen LogP contribution < -0.4 is 5.73 Å². The molecule has 1 rings (SSSR count). The fraction of sp³-hybridized carbons (Fsp3) is 0.364. The van der Waals surface area contributed by atoms with E-state index in [1.807, 2.05) is 32.9 Å². The van der Waals surface area contributed by atoms with E-state index in [1.54, 1.807) is 6.07 Å². The number of aryl methyl sites for hydroxylation is 1. The highest BCUT2D eigenvalue weighted by molar-refractivity contribution is 6.02. The van der Waals surface area contributed by atoms with Gasteiger partial charge in [0.2, 0.25) is 0 Å². The Hall–Kier alpha value is -1.31. The van der Waals surface area contributed by atoms with E-state index in [0.717, 1.165) is 5.56 Å². The normalized spacial score (nSPS) is 10.5. The van der Waals surface area contributed by atoms with Gasteiger partial charge in [-0.05, 0) is 18.6 Å². The summed E-state index contributed by atoms with van der Waals surface area (Å²) in [6.07, 6.45) is 0. The van der Waals surface area contributed by atoms with Crippen LogP contribution in [0.2, 0.25) is 0 Å². The van der Waals surface area contributed by atoms with Gasteiger partial charge < -0.3 is 5.73 Å². The fourth-order valence-electron chi connectivity index (χ4n) is 1.21. The molecule has 0 spiro atoms. The van der Waals surface area contributed by atoms with Gasteiger partial charge >= 0.3 is 0 Å². The molecule has 0 amide bonds. The Morgan fingerprint density at radius 1 is 1.38 bits per heavy atom. The first-order valence-corrected chi connectivity index (χ1v) is 4.43. The lowest BCUT2D eigenvalue weighted by Crippen LogP contribution is -2.10. The van der Waals surface area contributed by atoms with Gasteiger partial charge in [-0.3, -0.25) is 4.79 Å². The highest BCUT2D eigenvalue weighted by Gasteiger charge is 2.13. The average Bonchev–Trinajstić information content (AvgIpc) is 2.08. The van der Waals surface area contributed by atoms with E-state index in [1.165, 1.54) is 0 Å². The molecule has 2 N–H and O–H groups in total. The third-order valence-electron chi connectivity index (χ3n) is 2.11. The lowest BCUT2D eigenvalue weighted by Gasteiger charge is -2.08. The fourth-order valence-corrected chi connectivity index (χ4v) is 1.21. The number of nitrogens with two attached hydrogens (primary N) is 1. The standard InChI is InChI=1S/C11H15NO/c1-7(2)11(13)9-6-4-5-8(3)10(9)12/h4-7H,12H2,1-3H3. The summed E-state index contributed by atoms with van der Waals surface area (Å²) in [7, 11) is 0. The van der Waals surface area contributed by atoms with Crippen LogP contribution in [0, 0.1) is 12.8 Å². The highest BCUT2D eigenvalue weighted by atomic mass is 16.1. The van der Waals surface area contributed by atoms with Crippen LogP contribution in [0.5, 0.6) is 0 Å². The first-order chi connectivity index (χ1) is 6.04. The summed E-state index contributed by atoms with van der Waals surface area (Å²) in [4.78, 5) is 11.6. The first-order valence-electron chi connectivity index (χ1n) is 4.43. The molecule has 2 heteroatoms. The molecule has 0 fully saturated rings. The zero-order valence-corrected chi connectivity index (χ0v) is 8.29. The van der Waals surface area contributed by atoms with Crippen LogP contribution in [0.15, 0.2) is 18.2 Å². The number of benzene rings is 1. The van der Waals surface area contributed by atoms with Crippen LogP contribution in [0.25, 0.3) is 0 Å². The smallest absolute Gasteiger partial charge is 0.167 e. The Morgan fingerprint density at radius 2 is 2.00 bits per heavy atom. The lowest BCUT2D eigenvalue weighted by atomic mass is 9.98. The van der Waals surface area contributed by atoms with Crippen molar-refractivity contribution in [2.45, 2.75) is 20.8 Å². The van der Waals surface area contributed by atoms with Crippen molar-refractivity contribution in [1.29, 1.82) is 0 Å². The predicted molar refractivity (Wildman–Crippen MR) is 54.8 cm³/mol. The minimum absolute atomic E-state index is 0.00380. The van der Waals surface area contributed by atoms with E-state index >= 15 is 0 Å². The van der Waals surface area contributed by atoms with Crippen molar-refractivity contribution >= 4 is 11.5 Å².